The molecule has 0 spiro atoms. The van der Waals surface area contributed by atoms with E-state index >= 15 is 0 Å². The molecule has 0 aliphatic rings. The molecule has 1 rings (SSSR count). The lowest BCUT2D eigenvalue weighted by atomic mass is 10.1. The highest BCUT2D eigenvalue weighted by molar-refractivity contribution is 5.97. The van der Waals surface area contributed by atoms with Gasteiger partial charge in [-0.15, -0.1) is 0 Å². The van der Waals surface area contributed by atoms with Crippen LogP contribution in [0.5, 0.6) is 0 Å². The number of benzene rings is 1. The average molecular weight is 250 g/mol. The molecule has 1 atom stereocenters. The lowest BCUT2D eigenvalue weighted by Gasteiger charge is -2.13. The van der Waals surface area contributed by atoms with Crippen molar-refractivity contribution in [3.05, 3.63) is 29.3 Å². The zero-order valence-corrected chi connectivity index (χ0v) is 10.8. The van der Waals surface area contributed by atoms with E-state index in [0.29, 0.717) is 11.3 Å². The molecule has 98 valence electrons. The Morgan fingerprint density at radius 2 is 2.11 bits per heavy atom. The lowest BCUT2D eigenvalue weighted by molar-refractivity contribution is -0.144. The fraction of sp³-hybridized carbons (Fsp3) is 0.385. The number of hydrogen-bond acceptors (Lipinski definition) is 4. The first-order chi connectivity index (χ1) is 8.45. The Labute approximate surface area is 106 Å². The van der Waals surface area contributed by atoms with Crippen LogP contribution in [0.2, 0.25) is 0 Å². The van der Waals surface area contributed by atoms with Crippen molar-refractivity contribution in [3.63, 3.8) is 0 Å². The summed E-state index contributed by atoms with van der Waals surface area (Å²) in [5.41, 5.74) is 7.61. The summed E-state index contributed by atoms with van der Waals surface area (Å²) in [6.45, 7) is 5.44. The van der Waals surface area contributed by atoms with Gasteiger partial charge in [0.2, 0.25) is 0 Å². The molecule has 0 fully saturated rings. The first-order valence-corrected chi connectivity index (χ1v) is 5.79. The topological polar surface area (TPSA) is 81.4 Å². The number of ether oxygens (including phenoxy) is 1. The average Bonchev–Trinajstić information content (AvgIpc) is 2.32. The third-order valence-electron chi connectivity index (χ3n) is 2.53. The maximum atomic E-state index is 11.9. The number of esters is 1. The van der Waals surface area contributed by atoms with Crippen molar-refractivity contribution in [2.45, 2.75) is 26.8 Å². The molecule has 0 saturated heterocycles. The van der Waals surface area contributed by atoms with Crippen molar-refractivity contribution < 1.29 is 14.3 Å². The van der Waals surface area contributed by atoms with Gasteiger partial charge >= 0.3 is 5.97 Å². The van der Waals surface area contributed by atoms with Gasteiger partial charge in [0.15, 0.2) is 0 Å². The van der Waals surface area contributed by atoms with Crippen LogP contribution in [-0.2, 0) is 9.53 Å². The minimum atomic E-state index is -0.681. The molecule has 0 aliphatic carbocycles. The number of carbonyl (C=O) groups is 2. The lowest BCUT2D eigenvalue weighted by Crippen LogP contribution is -2.39. The Morgan fingerprint density at radius 3 is 2.67 bits per heavy atom. The summed E-state index contributed by atoms with van der Waals surface area (Å²) in [6.07, 6.45) is 0. The molecule has 0 heterocycles. The van der Waals surface area contributed by atoms with E-state index in [2.05, 4.69) is 5.32 Å². The first-order valence-electron chi connectivity index (χ1n) is 5.79. The maximum absolute atomic E-state index is 11.9. The normalized spacial score (nSPS) is 11.7. The minimum absolute atomic E-state index is 0.288. The predicted molar refractivity (Wildman–Crippen MR) is 69.2 cm³/mol. The van der Waals surface area contributed by atoms with E-state index in [1.807, 2.05) is 6.92 Å². The standard InChI is InChI=1S/C13H18N2O3/c1-4-18-13(17)9(3)15-12(16)10-6-5-8(2)11(14)7-10/h5-7,9H,4,14H2,1-3H3,(H,15,16). The second-order valence-electron chi connectivity index (χ2n) is 4.02. The third-order valence-corrected chi connectivity index (χ3v) is 2.53. The summed E-state index contributed by atoms with van der Waals surface area (Å²) >= 11 is 0. The summed E-state index contributed by atoms with van der Waals surface area (Å²) in [7, 11) is 0. The highest BCUT2D eigenvalue weighted by Gasteiger charge is 2.17. The summed E-state index contributed by atoms with van der Waals surface area (Å²) < 4.78 is 4.80. The molecule has 1 unspecified atom stereocenters. The van der Waals surface area contributed by atoms with E-state index in [1.54, 1.807) is 32.0 Å². The van der Waals surface area contributed by atoms with E-state index in [9.17, 15) is 9.59 Å². The van der Waals surface area contributed by atoms with E-state index < -0.39 is 12.0 Å². The van der Waals surface area contributed by atoms with Crippen molar-refractivity contribution in [2.24, 2.45) is 0 Å². The predicted octanol–water partition coefficient (Wildman–Crippen LogP) is 1.26. The van der Waals surface area contributed by atoms with Crippen LogP contribution in [0.4, 0.5) is 5.69 Å². The summed E-state index contributed by atoms with van der Waals surface area (Å²) in [6, 6.07) is 4.33. The molecule has 18 heavy (non-hydrogen) atoms. The monoisotopic (exact) mass is 250 g/mol. The van der Waals surface area contributed by atoms with Crippen LogP contribution in [0.25, 0.3) is 0 Å². The van der Waals surface area contributed by atoms with Gasteiger partial charge in [-0.1, -0.05) is 6.07 Å². The van der Waals surface area contributed by atoms with E-state index in [0.717, 1.165) is 5.56 Å². The van der Waals surface area contributed by atoms with Gasteiger partial charge in [0.25, 0.3) is 5.91 Å². The van der Waals surface area contributed by atoms with E-state index in [-0.39, 0.29) is 12.5 Å². The highest BCUT2D eigenvalue weighted by Crippen LogP contribution is 2.12. The van der Waals surface area contributed by atoms with Crippen molar-refractivity contribution in [1.29, 1.82) is 0 Å². The molecular formula is C13H18N2O3. The Balaban J connectivity index is 2.70. The van der Waals surface area contributed by atoms with Gasteiger partial charge in [0.1, 0.15) is 6.04 Å². The number of hydrogen-bond donors (Lipinski definition) is 2. The second-order valence-corrected chi connectivity index (χ2v) is 4.02. The Morgan fingerprint density at radius 1 is 1.44 bits per heavy atom. The number of amides is 1. The second kappa shape index (κ2) is 6.05. The molecule has 1 aromatic rings. The van der Waals surface area contributed by atoms with Crippen molar-refractivity contribution in [1.82, 2.24) is 5.32 Å². The van der Waals surface area contributed by atoms with Crippen molar-refractivity contribution >= 4 is 17.6 Å². The van der Waals surface area contributed by atoms with Crippen LogP contribution in [0.15, 0.2) is 18.2 Å². The molecule has 0 radical (unpaired) electrons. The van der Waals surface area contributed by atoms with Crippen LogP contribution < -0.4 is 11.1 Å². The van der Waals surface area contributed by atoms with Crippen molar-refractivity contribution in [2.75, 3.05) is 12.3 Å². The number of nitrogens with two attached hydrogens (primary N) is 1. The van der Waals surface area contributed by atoms with Gasteiger partial charge in [0.05, 0.1) is 6.61 Å². The van der Waals surface area contributed by atoms with Crippen LogP contribution in [-0.4, -0.2) is 24.5 Å². The fourth-order valence-electron chi connectivity index (χ4n) is 1.39. The number of nitrogen functional groups attached to an aromatic ring is 1. The number of nitrogens with one attached hydrogen (secondary N) is 1. The summed E-state index contributed by atoms with van der Waals surface area (Å²) in [5, 5.41) is 2.56. The van der Waals surface area contributed by atoms with Gasteiger partial charge in [0, 0.05) is 11.3 Å². The fourth-order valence-corrected chi connectivity index (χ4v) is 1.39. The van der Waals surface area contributed by atoms with E-state index in [4.69, 9.17) is 10.5 Å². The molecule has 5 heteroatoms. The molecule has 1 amide bonds. The molecule has 0 bridgehead atoms. The Kier molecular flexibility index (Phi) is 4.71. The number of rotatable bonds is 4. The van der Waals surface area contributed by atoms with Crippen LogP contribution >= 0.6 is 0 Å². The smallest absolute Gasteiger partial charge is 0.328 e. The Bertz CT molecular complexity index is 458. The number of anilines is 1. The largest absolute Gasteiger partial charge is 0.464 e. The zero-order valence-electron chi connectivity index (χ0n) is 10.8. The Hall–Kier alpha value is -2.04. The van der Waals surface area contributed by atoms with Gasteiger partial charge in [-0.3, -0.25) is 4.79 Å². The number of carbonyl (C=O) groups excluding carboxylic acids is 2. The van der Waals surface area contributed by atoms with Crippen LogP contribution in [0.3, 0.4) is 0 Å². The zero-order chi connectivity index (χ0) is 13.7. The SMILES string of the molecule is CCOC(=O)C(C)NC(=O)c1ccc(C)c(N)c1. The van der Waals surface area contributed by atoms with Crippen LogP contribution in [0, 0.1) is 6.92 Å². The van der Waals surface area contributed by atoms with Crippen molar-refractivity contribution in [3.8, 4) is 0 Å². The highest BCUT2D eigenvalue weighted by atomic mass is 16.5. The van der Waals surface area contributed by atoms with Gasteiger partial charge < -0.3 is 15.8 Å². The molecule has 0 aliphatic heterocycles. The number of aryl methyl sites for hydroxylation is 1. The molecule has 5 nitrogen and oxygen atoms in total. The van der Waals surface area contributed by atoms with Gasteiger partial charge in [-0.2, -0.15) is 0 Å². The molecule has 3 N–H and O–H groups in total. The third kappa shape index (κ3) is 3.48. The quantitative estimate of drug-likeness (QED) is 0.622. The molecule has 0 saturated carbocycles. The van der Waals surface area contributed by atoms with Gasteiger partial charge in [-0.25, -0.2) is 4.79 Å². The van der Waals surface area contributed by atoms with Crippen LogP contribution in [0.1, 0.15) is 29.8 Å². The molecular weight excluding hydrogens is 232 g/mol. The summed E-state index contributed by atoms with van der Waals surface area (Å²) in [4.78, 5) is 23.2. The van der Waals surface area contributed by atoms with E-state index in [1.165, 1.54) is 0 Å². The molecule has 1 aromatic carbocycles. The first kappa shape index (κ1) is 14.0. The van der Waals surface area contributed by atoms with Gasteiger partial charge in [-0.05, 0) is 38.5 Å². The molecule has 0 aromatic heterocycles. The minimum Gasteiger partial charge on any atom is -0.464 e. The summed E-state index contributed by atoms with van der Waals surface area (Å²) in [5.74, 6) is -0.798. The maximum Gasteiger partial charge on any atom is 0.328 e.